The second-order valence-corrected chi connectivity index (χ2v) is 8.73. The third-order valence-corrected chi connectivity index (χ3v) is 5.75. The van der Waals surface area contributed by atoms with Crippen molar-refractivity contribution < 1.29 is 18.8 Å². The second kappa shape index (κ2) is 9.30. The van der Waals surface area contributed by atoms with Crippen molar-refractivity contribution in [3.05, 3.63) is 64.3 Å². The summed E-state index contributed by atoms with van der Waals surface area (Å²) in [6.07, 6.45) is 2.70. The van der Waals surface area contributed by atoms with Gasteiger partial charge < -0.3 is 25.1 Å². The van der Waals surface area contributed by atoms with E-state index in [0.717, 1.165) is 5.56 Å². The van der Waals surface area contributed by atoms with Gasteiger partial charge in [-0.15, -0.1) is 0 Å². The Kier molecular flexibility index (Phi) is 6.94. The average Bonchev–Trinajstić information content (AvgIpc) is 2.94. The molecule has 1 aliphatic rings. The molecule has 0 bridgehead atoms. The number of hydrogen-bond donors (Lipinski definition) is 2. The van der Waals surface area contributed by atoms with Gasteiger partial charge in [0.05, 0.1) is 23.1 Å². The fourth-order valence-electron chi connectivity index (χ4n) is 2.93. The van der Waals surface area contributed by atoms with Crippen LogP contribution in [-0.2, 0) is 20.7 Å². The first kappa shape index (κ1) is 23.1. The number of carbonyl (C=O) groups is 1. The first-order valence-corrected chi connectivity index (χ1v) is 10.4. The van der Waals surface area contributed by atoms with Crippen LogP contribution in [0, 0.1) is 0 Å². The number of pyridine rings is 1. The highest BCUT2D eigenvalue weighted by Gasteiger charge is 2.52. The van der Waals surface area contributed by atoms with Gasteiger partial charge >= 0.3 is 13.2 Å². The summed E-state index contributed by atoms with van der Waals surface area (Å²) in [5.74, 6) is 0. The van der Waals surface area contributed by atoms with Gasteiger partial charge in [-0.05, 0) is 44.8 Å². The molecule has 0 spiro atoms. The summed E-state index contributed by atoms with van der Waals surface area (Å²) in [4.78, 5) is 16.3. The summed E-state index contributed by atoms with van der Waals surface area (Å²) in [6, 6.07) is 11.2. The number of amides is 1. The van der Waals surface area contributed by atoms with Crippen LogP contribution in [0.25, 0.3) is 6.08 Å². The summed E-state index contributed by atoms with van der Waals surface area (Å²) in [6.45, 7) is 8.15. The Morgan fingerprint density at radius 3 is 2.52 bits per heavy atom. The minimum absolute atomic E-state index is 0.135. The fraction of sp³-hybridized carbons (Fsp3) is 0.364. The van der Waals surface area contributed by atoms with Gasteiger partial charge in [0.2, 0.25) is 0 Å². The van der Waals surface area contributed by atoms with Crippen molar-refractivity contribution in [2.24, 2.45) is 0 Å². The smallest absolute Gasteiger partial charge is 0.445 e. The number of halogens is 1. The standard InChI is InChI=1S/C22H27BClN3O4/c1-21(2)22(3,4)31-23(30-21)17(10-16-11-18(25)13-26-19(16)24)12-27-20(28)29-14-15-8-6-5-7-9-15/h5-11,13H,12,14,25H2,1-4H3,(H,27,28). The lowest BCUT2D eigenvalue weighted by Crippen LogP contribution is -2.41. The lowest BCUT2D eigenvalue weighted by molar-refractivity contribution is 0.00578. The molecule has 2 heterocycles. The molecule has 3 N–H and O–H groups in total. The van der Waals surface area contributed by atoms with Crippen LogP contribution in [0.2, 0.25) is 5.15 Å². The maximum Gasteiger partial charge on any atom is 0.492 e. The van der Waals surface area contributed by atoms with Crippen LogP contribution in [0.5, 0.6) is 0 Å². The van der Waals surface area contributed by atoms with Crippen LogP contribution in [0.15, 0.2) is 48.1 Å². The summed E-state index contributed by atoms with van der Waals surface area (Å²) < 4.78 is 17.6. The molecule has 0 atom stereocenters. The molecule has 0 saturated carbocycles. The van der Waals surface area contributed by atoms with E-state index in [2.05, 4.69) is 10.3 Å². The number of aromatic nitrogens is 1. The molecule has 164 valence electrons. The van der Waals surface area contributed by atoms with Crippen LogP contribution in [0.4, 0.5) is 10.5 Å². The predicted octanol–water partition coefficient (Wildman–Crippen LogP) is 4.26. The minimum atomic E-state index is -0.683. The number of rotatable bonds is 6. The summed E-state index contributed by atoms with van der Waals surface area (Å²) in [5.41, 5.74) is 7.41. The van der Waals surface area contributed by atoms with Gasteiger partial charge in [-0.3, -0.25) is 0 Å². The number of ether oxygens (including phenoxy) is 1. The fourth-order valence-corrected chi connectivity index (χ4v) is 3.09. The molecule has 1 aromatic heterocycles. The van der Waals surface area contributed by atoms with Gasteiger partial charge in [-0.25, -0.2) is 9.78 Å². The predicted molar refractivity (Wildman–Crippen MR) is 122 cm³/mol. The average molecular weight is 444 g/mol. The van der Waals surface area contributed by atoms with Crippen LogP contribution < -0.4 is 11.1 Å². The molecule has 9 heteroatoms. The zero-order valence-corrected chi connectivity index (χ0v) is 18.9. The number of nitrogens with zero attached hydrogens (tertiary/aromatic N) is 1. The Morgan fingerprint density at radius 1 is 1.23 bits per heavy atom. The number of hydrogen-bond acceptors (Lipinski definition) is 6. The number of nitrogen functional groups attached to an aromatic ring is 1. The summed E-state index contributed by atoms with van der Waals surface area (Å²) >= 11 is 6.23. The number of nitrogens with two attached hydrogens (primary N) is 1. The third kappa shape index (κ3) is 5.78. The van der Waals surface area contributed by atoms with Crippen molar-refractivity contribution >= 4 is 36.6 Å². The first-order valence-electron chi connectivity index (χ1n) is 9.99. The van der Waals surface area contributed by atoms with Gasteiger partial charge in [-0.1, -0.05) is 48.0 Å². The van der Waals surface area contributed by atoms with E-state index < -0.39 is 24.4 Å². The van der Waals surface area contributed by atoms with E-state index in [-0.39, 0.29) is 18.3 Å². The summed E-state index contributed by atoms with van der Waals surface area (Å²) in [7, 11) is -0.683. The number of nitrogens with one attached hydrogen (secondary N) is 1. The summed E-state index contributed by atoms with van der Waals surface area (Å²) in [5, 5.41) is 3.04. The first-order chi connectivity index (χ1) is 14.6. The van der Waals surface area contributed by atoms with Crippen molar-refractivity contribution in [3.8, 4) is 0 Å². The van der Waals surface area contributed by atoms with E-state index in [4.69, 9.17) is 31.4 Å². The molecule has 1 aliphatic heterocycles. The lowest BCUT2D eigenvalue weighted by Gasteiger charge is -2.32. The van der Waals surface area contributed by atoms with Gasteiger partial charge in [-0.2, -0.15) is 0 Å². The largest absolute Gasteiger partial charge is 0.492 e. The Hall–Kier alpha value is -2.55. The Bertz CT molecular complexity index is 950. The Labute approximate surface area is 188 Å². The highest BCUT2D eigenvalue weighted by molar-refractivity contribution is 6.56. The van der Waals surface area contributed by atoms with Crippen LogP contribution in [-0.4, -0.2) is 35.9 Å². The number of benzene rings is 1. The van der Waals surface area contributed by atoms with Crippen molar-refractivity contribution in [2.75, 3.05) is 12.3 Å². The van der Waals surface area contributed by atoms with E-state index in [0.29, 0.717) is 16.7 Å². The number of anilines is 1. The molecule has 2 aromatic rings. The normalized spacial score (nSPS) is 17.5. The molecule has 1 saturated heterocycles. The van der Waals surface area contributed by atoms with Crippen molar-refractivity contribution in [1.29, 1.82) is 0 Å². The molecule has 0 radical (unpaired) electrons. The van der Waals surface area contributed by atoms with Crippen molar-refractivity contribution in [2.45, 2.75) is 45.5 Å². The molecule has 3 rings (SSSR count). The molecule has 7 nitrogen and oxygen atoms in total. The van der Waals surface area contributed by atoms with E-state index in [9.17, 15) is 4.79 Å². The molecule has 0 unspecified atom stereocenters. The topological polar surface area (TPSA) is 95.7 Å². The Balaban J connectivity index is 1.75. The molecular weight excluding hydrogens is 417 g/mol. The van der Waals surface area contributed by atoms with E-state index in [1.165, 1.54) is 6.20 Å². The highest BCUT2D eigenvalue weighted by Crippen LogP contribution is 2.39. The monoisotopic (exact) mass is 443 g/mol. The lowest BCUT2D eigenvalue weighted by atomic mass is 9.77. The molecule has 1 amide bonds. The third-order valence-electron chi connectivity index (χ3n) is 5.43. The van der Waals surface area contributed by atoms with Gasteiger partial charge in [0.1, 0.15) is 11.8 Å². The quantitative estimate of drug-likeness (QED) is 0.511. The molecule has 0 aliphatic carbocycles. The maximum atomic E-state index is 12.3. The molecule has 1 fully saturated rings. The van der Waals surface area contributed by atoms with E-state index in [1.54, 1.807) is 12.1 Å². The molecule has 1 aromatic carbocycles. The zero-order valence-electron chi connectivity index (χ0n) is 18.1. The van der Waals surface area contributed by atoms with Crippen LogP contribution in [0.3, 0.4) is 0 Å². The van der Waals surface area contributed by atoms with Crippen LogP contribution >= 0.6 is 11.6 Å². The number of carbonyl (C=O) groups excluding carboxylic acids is 1. The van der Waals surface area contributed by atoms with E-state index in [1.807, 2.05) is 58.0 Å². The van der Waals surface area contributed by atoms with Crippen LogP contribution in [0.1, 0.15) is 38.8 Å². The highest BCUT2D eigenvalue weighted by atomic mass is 35.5. The van der Waals surface area contributed by atoms with Crippen molar-refractivity contribution in [3.63, 3.8) is 0 Å². The van der Waals surface area contributed by atoms with Crippen molar-refractivity contribution in [1.82, 2.24) is 10.3 Å². The molecule has 31 heavy (non-hydrogen) atoms. The zero-order chi connectivity index (χ0) is 22.6. The number of alkyl carbamates (subject to hydrolysis) is 1. The maximum absolute atomic E-state index is 12.3. The van der Waals surface area contributed by atoms with Gasteiger partial charge in [0.15, 0.2) is 0 Å². The second-order valence-electron chi connectivity index (χ2n) is 8.37. The molecular formula is C22H27BClN3O4. The minimum Gasteiger partial charge on any atom is -0.445 e. The van der Waals surface area contributed by atoms with Gasteiger partial charge in [0.25, 0.3) is 0 Å². The Morgan fingerprint density at radius 2 is 1.87 bits per heavy atom. The van der Waals surface area contributed by atoms with E-state index >= 15 is 0 Å². The SMILES string of the molecule is CC1(C)OB(C(=Cc2cc(N)cnc2Cl)CNC(=O)OCc2ccccc2)OC1(C)C. The van der Waals surface area contributed by atoms with Gasteiger partial charge in [0, 0.05) is 12.1 Å².